The van der Waals surface area contributed by atoms with Gasteiger partial charge in [-0.05, 0) is 42.0 Å². The molecule has 0 fully saturated rings. The van der Waals surface area contributed by atoms with E-state index >= 15 is 0 Å². The molecule has 0 amide bonds. The summed E-state index contributed by atoms with van der Waals surface area (Å²) in [5, 5.41) is 13.2. The fraction of sp³-hybridized carbons (Fsp3) is 0.235. The first-order valence-corrected chi connectivity index (χ1v) is 7.20. The number of benzene rings is 2. The van der Waals surface area contributed by atoms with Gasteiger partial charge in [0.2, 0.25) is 0 Å². The summed E-state index contributed by atoms with van der Waals surface area (Å²) in [6.07, 6.45) is 0. The highest BCUT2D eigenvalue weighted by Crippen LogP contribution is 2.34. The van der Waals surface area contributed by atoms with Gasteiger partial charge in [-0.25, -0.2) is 0 Å². The predicted octanol–water partition coefficient (Wildman–Crippen LogP) is 2.58. The minimum Gasteiger partial charge on any atom is -0.480 e. The van der Waals surface area contributed by atoms with Crippen LogP contribution in [0.25, 0.3) is 10.8 Å². The van der Waals surface area contributed by atoms with Crippen LogP contribution in [0.2, 0.25) is 0 Å². The summed E-state index contributed by atoms with van der Waals surface area (Å²) >= 11 is 0. The topological polar surface area (TPSA) is 102 Å². The number of esters is 2. The molecule has 0 aliphatic carbocycles. The molecule has 7 nitrogen and oxygen atoms in total. The second-order valence-electron chi connectivity index (χ2n) is 5.25. The largest absolute Gasteiger partial charge is 0.480 e. The molecule has 2 rings (SSSR count). The summed E-state index contributed by atoms with van der Waals surface area (Å²) in [4.78, 5) is 33.4. The van der Waals surface area contributed by atoms with E-state index in [0.29, 0.717) is 11.1 Å². The van der Waals surface area contributed by atoms with Gasteiger partial charge in [0.25, 0.3) is 0 Å². The molecule has 0 aliphatic heterocycles. The monoisotopic (exact) mass is 331 g/mol. The number of carbonyl (C=O) groups is 3. The third-order valence-electron chi connectivity index (χ3n) is 3.16. The summed E-state index contributed by atoms with van der Waals surface area (Å²) in [7, 11) is 0. The Bertz CT molecular complexity index is 814. The highest BCUT2D eigenvalue weighted by molar-refractivity contribution is 5.91. The van der Waals surface area contributed by atoms with Gasteiger partial charge in [0, 0.05) is 19.5 Å². The lowest BCUT2D eigenvalue weighted by atomic mass is 10.1. The Labute approximate surface area is 138 Å². The van der Waals surface area contributed by atoms with Gasteiger partial charge in [-0.15, -0.1) is 0 Å². The lowest BCUT2D eigenvalue weighted by Gasteiger charge is -2.13. The van der Waals surface area contributed by atoms with Crippen molar-refractivity contribution in [2.24, 2.45) is 0 Å². The molecule has 7 heteroatoms. The van der Waals surface area contributed by atoms with Crippen molar-refractivity contribution in [3.63, 3.8) is 0 Å². The van der Waals surface area contributed by atoms with Crippen LogP contribution >= 0.6 is 0 Å². The third-order valence-corrected chi connectivity index (χ3v) is 3.16. The van der Waals surface area contributed by atoms with E-state index in [4.69, 9.17) is 14.6 Å². The van der Waals surface area contributed by atoms with E-state index < -0.39 is 23.9 Å². The van der Waals surface area contributed by atoms with E-state index in [9.17, 15) is 14.4 Å². The highest BCUT2D eigenvalue weighted by atomic mass is 16.6. The first-order valence-electron chi connectivity index (χ1n) is 7.20. The molecule has 2 N–H and O–H groups in total. The number of anilines is 1. The van der Waals surface area contributed by atoms with Gasteiger partial charge in [0.05, 0.1) is 0 Å². The SMILES string of the molecule is CC(=O)Oc1cc2ccc(NC(C)C(=O)O)cc2cc1OC(C)=O. The van der Waals surface area contributed by atoms with Crippen molar-refractivity contribution in [3.8, 4) is 11.5 Å². The van der Waals surface area contributed by atoms with Crippen LogP contribution in [0.1, 0.15) is 20.8 Å². The van der Waals surface area contributed by atoms with Crippen molar-refractivity contribution in [3.05, 3.63) is 30.3 Å². The normalized spacial score (nSPS) is 11.6. The predicted molar refractivity (Wildman–Crippen MR) is 87.3 cm³/mol. The number of carbonyl (C=O) groups excluding carboxylic acids is 2. The number of hydrogen-bond donors (Lipinski definition) is 2. The molecule has 0 heterocycles. The molecule has 0 aromatic heterocycles. The number of nitrogens with one attached hydrogen (secondary N) is 1. The second kappa shape index (κ2) is 6.99. The average Bonchev–Trinajstić information content (AvgIpc) is 2.46. The van der Waals surface area contributed by atoms with Crippen LogP contribution in [0.3, 0.4) is 0 Å². The van der Waals surface area contributed by atoms with Crippen LogP contribution in [0.5, 0.6) is 11.5 Å². The highest BCUT2D eigenvalue weighted by Gasteiger charge is 2.14. The van der Waals surface area contributed by atoms with E-state index in [1.54, 1.807) is 30.3 Å². The smallest absolute Gasteiger partial charge is 0.325 e. The van der Waals surface area contributed by atoms with E-state index in [1.807, 2.05) is 0 Å². The maximum Gasteiger partial charge on any atom is 0.325 e. The summed E-state index contributed by atoms with van der Waals surface area (Å²) in [6, 6.07) is 7.57. The Morgan fingerprint density at radius 3 is 2.00 bits per heavy atom. The number of fused-ring (bicyclic) bond motifs is 1. The van der Waals surface area contributed by atoms with E-state index in [0.717, 1.165) is 5.39 Å². The van der Waals surface area contributed by atoms with Crippen molar-refractivity contribution in [1.29, 1.82) is 0 Å². The molecule has 1 unspecified atom stereocenters. The van der Waals surface area contributed by atoms with Crippen LogP contribution < -0.4 is 14.8 Å². The maximum absolute atomic E-state index is 11.2. The molecule has 1 atom stereocenters. The van der Waals surface area contributed by atoms with Crippen LogP contribution in [-0.2, 0) is 14.4 Å². The summed E-state index contributed by atoms with van der Waals surface area (Å²) < 4.78 is 10.2. The fourth-order valence-electron chi connectivity index (χ4n) is 2.13. The van der Waals surface area contributed by atoms with Crippen molar-refractivity contribution in [1.82, 2.24) is 0 Å². The fourth-order valence-corrected chi connectivity index (χ4v) is 2.13. The number of ether oxygens (including phenoxy) is 2. The van der Waals surface area contributed by atoms with Gasteiger partial charge in [0.1, 0.15) is 6.04 Å². The minimum absolute atomic E-state index is 0.119. The van der Waals surface area contributed by atoms with E-state index in [-0.39, 0.29) is 11.5 Å². The Morgan fingerprint density at radius 1 is 0.958 bits per heavy atom. The molecular weight excluding hydrogens is 314 g/mol. The lowest BCUT2D eigenvalue weighted by molar-refractivity contribution is -0.137. The maximum atomic E-state index is 11.2. The molecule has 2 aromatic rings. The quantitative estimate of drug-likeness (QED) is 0.641. The van der Waals surface area contributed by atoms with Gasteiger partial charge in [-0.2, -0.15) is 0 Å². The molecule has 24 heavy (non-hydrogen) atoms. The third kappa shape index (κ3) is 4.22. The molecular formula is C17H17NO6. The van der Waals surface area contributed by atoms with Gasteiger partial charge in [-0.3, -0.25) is 14.4 Å². The van der Waals surface area contributed by atoms with Crippen molar-refractivity contribution >= 4 is 34.4 Å². The van der Waals surface area contributed by atoms with Crippen molar-refractivity contribution in [2.45, 2.75) is 26.8 Å². The average molecular weight is 331 g/mol. The molecule has 0 bridgehead atoms. The standard InChI is InChI=1S/C17H17NO6/c1-9(17(21)22)18-14-5-4-12-7-15(23-10(2)19)16(24-11(3)20)8-13(12)6-14/h4-9,18H,1-3H3,(H,21,22). The van der Waals surface area contributed by atoms with Gasteiger partial charge >= 0.3 is 17.9 Å². The Hall–Kier alpha value is -3.09. The molecule has 2 aromatic carbocycles. The van der Waals surface area contributed by atoms with Gasteiger partial charge < -0.3 is 19.9 Å². The van der Waals surface area contributed by atoms with Gasteiger partial charge in [0.15, 0.2) is 11.5 Å². The lowest BCUT2D eigenvalue weighted by Crippen LogP contribution is -2.25. The second-order valence-corrected chi connectivity index (χ2v) is 5.25. The zero-order valence-corrected chi connectivity index (χ0v) is 13.5. The van der Waals surface area contributed by atoms with E-state index in [1.165, 1.54) is 20.8 Å². The zero-order chi connectivity index (χ0) is 17.9. The van der Waals surface area contributed by atoms with Gasteiger partial charge in [-0.1, -0.05) is 6.07 Å². The molecule has 0 saturated heterocycles. The first-order chi connectivity index (χ1) is 11.3. The number of carboxylic acid groups (broad SMARTS) is 1. The summed E-state index contributed by atoms with van der Waals surface area (Å²) in [5.41, 5.74) is 0.603. The van der Waals surface area contributed by atoms with Crippen LogP contribution in [0.15, 0.2) is 30.3 Å². The summed E-state index contributed by atoms with van der Waals surface area (Å²) in [5.74, 6) is -1.78. The van der Waals surface area contributed by atoms with Crippen LogP contribution in [0.4, 0.5) is 5.69 Å². The summed E-state index contributed by atoms with van der Waals surface area (Å²) in [6.45, 7) is 4.02. The first kappa shape index (κ1) is 17.3. The number of hydrogen-bond acceptors (Lipinski definition) is 6. The Morgan fingerprint density at radius 2 is 1.50 bits per heavy atom. The van der Waals surface area contributed by atoms with Crippen LogP contribution in [-0.4, -0.2) is 29.1 Å². The molecule has 0 spiro atoms. The Balaban J connectivity index is 2.45. The molecule has 0 aliphatic rings. The van der Waals surface area contributed by atoms with E-state index in [2.05, 4.69) is 5.32 Å². The number of aliphatic carboxylic acids is 1. The Kier molecular flexibility index (Phi) is 5.03. The van der Waals surface area contributed by atoms with Crippen LogP contribution in [0, 0.1) is 0 Å². The minimum atomic E-state index is -0.971. The molecule has 0 saturated carbocycles. The molecule has 0 radical (unpaired) electrons. The van der Waals surface area contributed by atoms with Crippen molar-refractivity contribution in [2.75, 3.05) is 5.32 Å². The van der Waals surface area contributed by atoms with Crippen molar-refractivity contribution < 1.29 is 29.0 Å². The number of rotatable bonds is 5. The molecule has 126 valence electrons. The number of carboxylic acids is 1. The zero-order valence-electron chi connectivity index (χ0n) is 13.5.